The molecule has 8 heavy (non-hydrogen) atoms. The molecule has 0 aliphatic carbocycles. The Hall–Kier alpha value is 0.400. The molecule has 48 valence electrons. The van der Waals surface area contributed by atoms with Crippen LogP contribution in [0.3, 0.4) is 0 Å². The molecular weight excluding hydrogens is 213 g/mol. The Kier molecular flexibility index (Phi) is 5.81. The van der Waals surface area contributed by atoms with Gasteiger partial charge in [-0.15, -0.1) is 0 Å². The Bertz CT molecular complexity index is 66.9. The van der Waals surface area contributed by atoms with E-state index in [-0.39, 0.29) is 0 Å². The monoisotopic (exact) mass is 225 g/mol. The molecule has 1 nitrogen and oxygen atoms in total. The van der Waals surface area contributed by atoms with Crippen LogP contribution in [-0.2, 0) is 0 Å². The molecular formula is C6H12IN. The molecule has 0 heterocycles. The van der Waals surface area contributed by atoms with Gasteiger partial charge in [0.25, 0.3) is 0 Å². The Balaban J connectivity index is 3.36. The third kappa shape index (κ3) is 3.41. The quantitative estimate of drug-likeness (QED) is 0.517. The molecule has 2 heteroatoms. The molecule has 0 aromatic heterocycles. The maximum absolute atomic E-state index is 3.92. The van der Waals surface area contributed by atoms with Gasteiger partial charge in [0.2, 0.25) is 0 Å². The van der Waals surface area contributed by atoms with Crippen molar-refractivity contribution in [1.82, 2.24) is 0 Å². The van der Waals surface area contributed by atoms with E-state index in [2.05, 4.69) is 17.1 Å². The van der Waals surface area contributed by atoms with Gasteiger partial charge in [-0.25, -0.2) is 3.21 Å². The van der Waals surface area contributed by atoms with Gasteiger partial charge in [-0.3, -0.25) is 0 Å². The second kappa shape index (κ2) is 5.54. The zero-order valence-electron chi connectivity index (χ0n) is 5.39. The fourth-order valence-corrected chi connectivity index (χ4v) is 1.03. The molecule has 0 saturated carbocycles. The van der Waals surface area contributed by atoms with Gasteiger partial charge in [0.1, 0.15) is 0 Å². The molecule has 0 saturated heterocycles. The molecule has 0 aromatic rings. The molecule has 0 N–H and O–H groups in total. The van der Waals surface area contributed by atoms with Crippen LogP contribution in [-0.4, -0.2) is 6.21 Å². The normalized spacial score (nSPS) is 11.5. The number of nitrogens with zero attached hydrogens (tertiary/aromatic N) is 1. The van der Waals surface area contributed by atoms with Gasteiger partial charge < -0.3 is 0 Å². The minimum absolute atomic E-state index is 0.701. The summed E-state index contributed by atoms with van der Waals surface area (Å²) in [6.45, 7) is 4.37. The van der Waals surface area contributed by atoms with E-state index in [0.29, 0.717) is 5.92 Å². The molecule has 0 aromatic carbocycles. The summed E-state index contributed by atoms with van der Waals surface area (Å²) in [6.07, 6.45) is 4.44. The topological polar surface area (TPSA) is 12.4 Å². The minimum atomic E-state index is 0.701. The first kappa shape index (κ1) is 8.40. The smallest absolute Gasteiger partial charge is 0.0827 e. The standard InChI is InChI=1S/C6H12IN/c1-3-6(4-2)5-8-7/h5-6H,3-4H2,1-2H3. The lowest BCUT2D eigenvalue weighted by atomic mass is 10.1. The molecule has 0 rings (SSSR count). The molecule has 0 spiro atoms. The van der Waals surface area contributed by atoms with Gasteiger partial charge >= 0.3 is 0 Å². The summed E-state index contributed by atoms with van der Waals surface area (Å²) < 4.78 is 3.92. The first-order chi connectivity index (χ1) is 3.85. The lowest BCUT2D eigenvalue weighted by Gasteiger charge is -2.00. The van der Waals surface area contributed by atoms with E-state index in [4.69, 9.17) is 0 Å². The number of hydrogen-bond donors (Lipinski definition) is 0. The highest BCUT2D eigenvalue weighted by Gasteiger charge is 1.95. The predicted octanol–water partition coefficient (Wildman–Crippen LogP) is 2.84. The van der Waals surface area contributed by atoms with Crippen LogP contribution in [0.2, 0.25) is 0 Å². The van der Waals surface area contributed by atoms with Crippen molar-refractivity contribution in [2.24, 2.45) is 9.12 Å². The summed E-state index contributed by atoms with van der Waals surface area (Å²) in [6, 6.07) is 0. The van der Waals surface area contributed by atoms with Gasteiger partial charge in [0.05, 0.1) is 22.9 Å². The van der Waals surface area contributed by atoms with Crippen molar-refractivity contribution in [3.63, 3.8) is 0 Å². The summed E-state index contributed by atoms with van der Waals surface area (Å²) in [5.41, 5.74) is 0. The summed E-state index contributed by atoms with van der Waals surface area (Å²) in [4.78, 5) is 0. The van der Waals surface area contributed by atoms with Crippen LogP contribution >= 0.6 is 22.9 Å². The van der Waals surface area contributed by atoms with Crippen LogP contribution in [0, 0.1) is 5.92 Å². The van der Waals surface area contributed by atoms with Crippen LogP contribution in [0.25, 0.3) is 0 Å². The lowest BCUT2D eigenvalue weighted by Crippen LogP contribution is -1.95. The van der Waals surface area contributed by atoms with E-state index in [1.165, 1.54) is 12.8 Å². The molecule has 0 fully saturated rings. The van der Waals surface area contributed by atoms with Crippen molar-refractivity contribution in [2.75, 3.05) is 0 Å². The van der Waals surface area contributed by atoms with Crippen LogP contribution < -0.4 is 0 Å². The van der Waals surface area contributed by atoms with Gasteiger partial charge in [0.15, 0.2) is 0 Å². The Labute approximate surface area is 65.1 Å². The molecule has 0 unspecified atom stereocenters. The molecule has 0 atom stereocenters. The van der Waals surface area contributed by atoms with Crippen molar-refractivity contribution < 1.29 is 0 Å². The molecule has 0 aliphatic rings. The second-order valence-electron chi connectivity index (χ2n) is 1.82. The van der Waals surface area contributed by atoms with Gasteiger partial charge in [-0.2, -0.15) is 0 Å². The van der Waals surface area contributed by atoms with Crippen molar-refractivity contribution in [3.05, 3.63) is 0 Å². The average molecular weight is 225 g/mol. The van der Waals surface area contributed by atoms with E-state index in [1.807, 2.05) is 29.1 Å². The molecule has 0 aliphatic heterocycles. The van der Waals surface area contributed by atoms with Gasteiger partial charge in [-0.05, 0) is 18.8 Å². The van der Waals surface area contributed by atoms with Crippen LogP contribution in [0.5, 0.6) is 0 Å². The zero-order chi connectivity index (χ0) is 6.41. The molecule has 0 bridgehead atoms. The number of rotatable bonds is 3. The molecule has 0 radical (unpaired) electrons. The Morgan fingerprint density at radius 1 is 1.50 bits per heavy atom. The summed E-state index contributed by atoms with van der Waals surface area (Å²) in [5.74, 6) is 0.701. The fourth-order valence-electron chi connectivity index (χ4n) is 0.579. The van der Waals surface area contributed by atoms with E-state index in [1.54, 1.807) is 0 Å². The van der Waals surface area contributed by atoms with Crippen molar-refractivity contribution in [3.8, 4) is 0 Å². The predicted molar refractivity (Wildman–Crippen MR) is 46.6 cm³/mol. The highest BCUT2D eigenvalue weighted by Crippen LogP contribution is 2.03. The summed E-state index contributed by atoms with van der Waals surface area (Å²) in [5, 5.41) is 0. The van der Waals surface area contributed by atoms with E-state index < -0.39 is 0 Å². The van der Waals surface area contributed by atoms with Crippen molar-refractivity contribution in [1.29, 1.82) is 0 Å². The first-order valence-corrected chi connectivity index (χ1v) is 3.96. The third-order valence-corrected chi connectivity index (χ3v) is 1.64. The maximum Gasteiger partial charge on any atom is 0.0827 e. The SMILES string of the molecule is CCC(C=NI)CC. The lowest BCUT2D eigenvalue weighted by molar-refractivity contribution is 0.656. The van der Waals surface area contributed by atoms with Crippen molar-refractivity contribution >= 4 is 29.1 Å². The first-order valence-electron chi connectivity index (χ1n) is 2.99. The molecule has 0 amide bonds. The van der Waals surface area contributed by atoms with E-state index >= 15 is 0 Å². The highest BCUT2D eigenvalue weighted by atomic mass is 127. The van der Waals surface area contributed by atoms with E-state index in [0.717, 1.165) is 0 Å². The zero-order valence-corrected chi connectivity index (χ0v) is 7.55. The third-order valence-electron chi connectivity index (χ3n) is 1.32. The average Bonchev–Trinajstić information content (AvgIpc) is 1.83. The second-order valence-corrected chi connectivity index (χ2v) is 2.38. The Morgan fingerprint density at radius 3 is 2.12 bits per heavy atom. The largest absolute Gasteiger partial charge is 0.227 e. The van der Waals surface area contributed by atoms with Crippen LogP contribution in [0.4, 0.5) is 0 Å². The van der Waals surface area contributed by atoms with Gasteiger partial charge in [-0.1, -0.05) is 13.8 Å². The van der Waals surface area contributed by atoms with Crippen molar-refractivity contribution in [2.45, 2.75) is 26.7 Å². The summed E-state index contributed by atoms with van der Waals surface area (Å²) in [7, 11) is 0. The van der Waals surface area contributed by atoms with Crippen LogP contribution in [0.1, 0.15) is 26.7 Å². The van der Waals surface area contributed by atoms with Gasteiger partial charge in [0, 0.05) is 6.21 Å². The van der Waals surface area contributed by atoms with E-state index in [9.17, 15) is 0 Å². The summed E-state index contributed by atoms with van der Waals surface area (Å²) >= 11 is 2.02. The number of hydrogen-bond acceptors (Lipinski definition) is 1. The number of halogens is 1. The Morgan fingerprint density at radius 2 is 2.00 bits per heavy atom. The highest BCUT2D eigenvalue weighted by molar-refractivity contribution is 14.1. The maximum atomic E-state index is 3.92. The fraction of sp³-hybridized carbons (Fsp3) is 0.833. The minimum Gasteiger partial charge on any atom is -0.227 e. The van der Waals surface area contributed by atoms with Crippen LogP contribution in [0.15, 0.2) is 3.21 Å².